The standard InChI is InChI=1S/C26H31N3O4S/c1-4-33-26(30)17-29-25-10-6-9-24(23(25)16-27-29)28-34(31,32)22-13-11-19(12-14-22)21-8-5-7-20(15-21)18(2)3/h5,7-8,11-16,18,24,28H,4,6,9-10,17H2,1-3H3. The Morgan fingerprint density at radius 1 is 1.18 bits per heavy atom. The molecule has 180 valence electrons. The molecule has 2 aromatic carbocycles. The molecule has 34 heavy (non-hydrogen) atoms. The van der Waals surface area contributed by atoms with Crippen molar-refractivity contribution in [3.63, 3.8) is 0 Å². The minimum atomic E-state index is -3.72. The molecule has 1 aliphatic rings. The molecule has 0 saturated heterocycles. The number of fused-ring (bicyclic) bond motifs is 1. The minimum Gasteiger partial charge on any atom is -0.465 e. The van der Waals surface area contributed by atoms with Crippen LogP contribution in [0.3, 0.4) is 0 Å². The SMILES string of the molecule is CCOC(=O)Cn1ncc2c1CCCC2NS(=O)(=O)c1ccc(-c2cccc(C(C)C)c2)cc1. The molecule has 3 aromatic rings. The second-order valence-corrected chi connectivity index (χ2v) is 10.6. The zero-order chi connectivity index (χ0) is 24.3. The van der Waals surface area contributed by atoms with E-state index in [1.54, 1.807) is 29.9 Å². The Balaban J connectivity index is 1.52. The highest BCUT2D eigenvalue weighted by Gasteiger charge is 2.29. The third-order valence-electron chi connectivity index (χ3n) is 6.20. The Hall–Kier alpha value is -2.97. The first-order valence-corrected chi connectivity index (χ1v) is 13.2. The topological polar surface area (TPSA) is 90.3 Å². The van der Waals surface area contributed by atoms with Crippen LogP contribution < -0.4 is 4.72 Å². The number of hydrogen-bond donors (Lipinski definition) is 1. The van der Waals surface area contributed by atoms with Gasteiger partial charge in [0, 0.05) is 11.3 Å². The van der Waals surface area contributed by atoms with Crippen LogP contribution in [0, 0.1) is 0 Å². The van der Waals surface area contributed by atoms with Crippen LogP contribution in [-0.2, 0) is 32.5 Å². The van der Waals surface area contributed by atoms with Crippen molar-refractivity contribution in [2.45, 2.75) is 63.4 Å². The van der Waals surface area contributed by atoms with Crippen molar-refractivity contribution in [1.82, 2.24) is 14.5 Å². The van der Waals surface area contributed by atoms with E-state index < -0.39 is 10.0 Å². The quantitative estimate of drug-likeness (QED) is 0.475. The second-order valence-electron chi connectivity index (χ2n) is 8.88. The summed E-state index contributed by atoms with van der Waals surface area (Å²) in [7, 11) is -3.72. The molecule has 0 spiro atoms. The van der Waals surface area contributed by atoms with Gasteiger partial charge in [-0.05, 0) is 60.9 Å². The van der Waals surface area contributed by atoms with Crippen LogP contribution in [0.25, 0.3) is 11.1 Å². The predicted octanol–water partition coefficient (Wildman–Crippen LogP) is 4.59. The van der Waals surface area contributed by atoms with E-state index in [1.165, 1.54) is 5.56 Å². The molecule has 1 unspecified atom stereocenters. The normalized spacial score (nSPS) is 15.8. The largest absolute Gasteiger partial charge is 0.465 e. The van der Waals surface area contributed by atoms with Gasteiger partial charge in [0.05, 0.1) is 23.7 Å². The molecule has 1 atom stereocenters. The molecule has 4 rings (SSSR count). The molecule has 0 fully saturated rings. The number of sulfonamides is 1. The van der Waals surface area contributed by atoms with Gasteiger partial charge in [0.25, 0.3) is 0 Å². The lowest BCUT2D eigenvalue weighted by atomic mass is 9.94. The maximum atomic E-state index is 13.2. The van der Waals surface area contributed by atoms with Crippen molar-refractivity contribution < 1.29 is 17.9 Å². The van der Waals surface area contributed by atoms with Crippen LogP contribution in [0.2, 0.25) is 0 Å². The Labute approximate surface area is 201 Å². The van der Waals surface area contributed by atoms with Crippen LogP contribution in [0.5, 0.6) is 0 Å². The van der Waals surface area contributed by atoms with Crippen LogP contribution in [0.4, 0.5) is 0 Å². The van der Waals surface area contributed by atoms with Crippen molar-refractivity contribution in [2.24, 2.45) is 0 Å². The van der Waals surface area contributed by atoms with E-state index >= 15 is 0 Å². The van der Waals surface area contributed by atoms with E-state index in [4.69, 9.17) is 4.74 Å². The van der Waals surface area contributed by atoms with Gasteiger partial charge in [-0.25, -0.2) is 13.1 Å². The Morgan fingerprint density at radius 3 is 2.65 bits per heavy atom. The highest BCUT2D eigenvalue weighted by molar-refractivity contribution is 7.89. The molecule has 1 heterocycles. The monoisotopic (exact) mass is 481 g/mol. The molecule has 0 bridgehead atoms. The van der Waals surface area contributed by atoms with Crippen molar-refractivity contribution >= 4 is 16.0 Å². The summed E-state index contributed by atoms with van der Waals surface area (Å²) in [5.74, 6) is 0.0703. The van der Waals surface area contributed by atoms with E-state index in [9.17, 15) is 13.2 Å². The number of rotatable bonds is 8. The zero-order valence-electron chi connectivity index (χ0n) is 19.8. The Bertz CT molecular complexity index is 1260. The van der Waals surface area contributed by atoms with E-state index in [-0.39, 0.29) is 23.5 Å². The maximum absolute atomic E-state index is 13.2. The number of carbonyl (C=O) groups is 1. The summed E-state index contributed by atoms with van der Waals surface area (Å²) in [4.78, 5) is 12.1. The van der Waals surface area contributed by atoms with Crippen molar-refractivity contribution in [3.8, 4) is 11.1 Å². The molecular formula is C26H31N3O4S. The fraction of sp³-hybridized carbons (Fsp3) is 0.385. The highest BCUT2D eigenvalue weighted by Crippen LogP contribution is 2.31. The molecule has 1 aliphatic carbocycles. The average Bonchev–Trinajstić information content (AvgIpc) is 3.23. The van der Waals surface area contributed by atoms with Gasteiger partial charge in [0.2, 0.25) is 10.0 Å². The number of hydrogen-bond acceptors (Lipinski definition) is 5. The Kier molecular flexibility index (Phi) is 7.19. The lowest BCUT2D eigenvalue weighted by Crippen LogP contribution is -2.31. The van der Waals surface area contributed by atoms with Gasteiger partial charge in [0.1, 0.15) is 6.54 Å². The van der Waals surface area contributed by atoms with Crippen molar-refractivity contribution in [3.05, 3.63) is 71.5 Å². The summed E-state index contributed by atoms with van der Waals surface area (Å²) in [6.07, 6.45) is 3.89. The lowest BCUT2D eigenvalue weighted by molar-refractivity contribution is -0.144. The van der Waals surface area contributed by atoms with Gasteiger partial charge in [-0.15, -0.1) is 0 Å². The molecule has 1 N–H and O–H groups in total. The number of nitrogens with zero attached hydrogens (tertiary/aromatic N) is 2. The van der Waals surface area contributed by atoms with Crippen LogP contribution in [0.1, 0.15) is 62.4 Å². The molecule has 1 aromatic heterocycles. The number of aromatic nitrogens is 2. The van der Waals surface area contributed by atoms with E-state index in [1.807, 2.05) is 24.3 Å². The lowest BCUT2D eigenvalue weighted by Gasteiger charge is -2.24. The minimum absolute atomic E-state index is 0.0299. The average molecular weight is 482 g/mol. The molecule has 7 nitrogen and oxygen atoms in total. The van der Waals surface area contributed by atoms with Gasteiger partial charge in [-0.2, -0.15) is 5.10 Å². The Morgan fingerprint density at radius 2 is 1.94 bits per heavy atom. The number of esters is 1. The molecule has 8 heteroatoms. The molecule has 0 aliphatic heterocycles. The predicted molar refractivity (Wildman–Crippen MR) is 131 cm³/mol. The fourth-order valence-corrected chi connectivity index (χ4v) is 5.62. The van der Waals surface area contributed by atoms with Crippen LogP contribution in [-0.4, -0.2) is 30.8 Å². The summed E-state index contributed by atoms with van der Waals surface area (Å²) in [6.45, 7) is 6.40. The molecule has 0 radical (unpaired) electrons. The molecule has 0 saturated carbocycles. The van der Waals surface area contributed by atoms with Crippen LogP contribution in [0.15, 0.2) is 59.6 Å². The van der Waals surface area contributed by atoms with E-state index in [2.05, 4.69) is 35.8 Å². The van der Waals surface area contributed by atoms with Crippen LogP contribution >= 0.6 is 0 Å². The first kappa shape index (κ1) is 24.2. The number of carbonyl (C=O) groups excluding carboxylic acids is 1. The number of ether oxygens (including phenoxy) is 1. The van der Waals surface area contributed by atoms with Gasteiger partial charge in [-0.3, -0.25) is 9.48 Å². The summed E-state index contributed by atoms with van der Waals surface area (Å²) < 4.78 is 35.8. The third-order valence-corrected chi connectivity index (χ3v) is 7.68. The van der Waals surface area contributed by atoms with Gasteiger partial charge >= 0.3 is 5.97 Å². The summed E-state index contributed by atoms with van der Waals surface area (Å²) in [6, 6.07) is 14.9. The summed E-state index contributed by atoms with van der Waals surface area (Å²) >= 11 is 0. The first-order chi connectivity index (χ1) is 16.3. The van der Waals surface area contributed by atoms with Crippen molar-refractivity contribution in [2.75, 3.05) is 6.61 Å². The van der Waals surface area contributed by atoms with Gasteiger partial charge in [-0.1, -0.05) is 50.2 Å². The summed E-state index contributed by atoms with van der Waals surface area (Å²) in [5, 5.41) is 4.32. The fourth-order valence-electron chi connectivity index (χ4n) is 4.37. The second kappa shape index (κ2) is 10.1. The zero-order valence-corrected chi connectivity index (χ0v) is 20.6. The van der Waals surface area contributed by atoms with E-state index in [0.717, 1.165) is 35.2 Å². The smallest absolute Gasteiger partial charge is 0.327 e. The maximum Gasteiger partial charge on any atom is 0.327 e. The highest BCUT2D eigenvalue weighted by atomic mass is 32.2. The van der Waals surface area contributed by atoms with Crippen molar-refractivity contribution in [1.29, 1.82) is 0 Å². The van der Waals surface area contributed by atoms with E-state index in [0.29, 0.717) is 18.9 Å². The molecular weight excluding hydrogens is 450 g/mol. The van der Waals surface area contributed by atoms with Gasteiger partial charge < -0.3 is 4.74 Å². The van der Waals surface area contributed by atoms with Gasteiger partial charge in [0.15, 0.2) is 0 Å². The summed E-state index contributed by atoms with van der Waals surface area (Å²) in [5.41, 5.74) is 4.98. The first-order valence-electron chi connectivity index (χ1n) is 11.7. The number of benzene rings is 2. The third kappa shape index (κ3) is 5.23. The molecule has 0 amide bonds. The number of nitrogens with one attached hydrogen (secondary N) is 1.